The van der Waals surface area contributed by atoms with Crippen LogP contribution in [0.15, 0.2) is 83.8 Å². The van der Waals surface area contributed by atoms with Crippen LogP contribution in [0.5, 0.6) is 11.5 Å². The van der Waals surface area contributed by atoms with Gasteiger partial charge in [-0.1, -0.05) is 30.3 Å². The van der Waals surface area contributed by atoms with Gasteiger partial charge in [-0.3, -0.25) is 9.10 Å². The van der Waals surface area contributed by atoms with Crippen LogP contribution in [0.1, 0.15) is 13.8 Å². The Balaban J connectivity index is 1.88. The number of hydrogen-bond donors (Lipinski definition) is 1. The maximum Gasteiger partial charge on any atom is 0.264 e. The fraction of sp³-hybridized carbons (Fsp3) is 0.208. The van der Waals surface area contributed by atoms with Crippen LogP contribution in [0.25, 0.3) is 0 Å². The zero-order valence-corrected chi connectivity index (χ0v) is 19.0. The highest BCUT2D eigenvalue weighted by atomic mass is 32.2. The number of anilines is 2. The zero-order valence-electron chi connectivity index (χ0n) is 18.2. The quantitative estimate of drug-likeness (QED) is 0.521. The molecule has 3 aromatic carbocycles. The monoisotopic (exact) mass is 454 g/mol. The van der Waals surface area contributed by atoms with Crippen molar-refractivity contribution < 1.29 is 22.7 Å². The Kier molecular flexibility index (Phi) is 7.37. The molecule has 0 radical (unpaired) electrons. The number of hydrogen-bond acceptors (Lipinski definition) is 5. The maximum absolute atomic E-state index is 13.4. The van der Waals surface area contributed by atoms with Gasteiger partial charge in [0.25, 0.3) is 10.0 Å². The molecular weight excluding hydrogens is 428 g/mol. The number of carbonyl (C=O) groups excluding carboxylic acids is 1. The topological polar surface area (TPSA) is 84.9 Å². The molecule has 0 aliphatic heterocycles. The van der Waals surface area contributed by atoms with Gasteiger partial charge in [-0.05, 0) is 62.4 Å². The molecule has 0 atom stereocenters. The summed E-state index contributed by atoms with van der Waals surface area (Å²) in [6.45, 7) is 3.42. The van der Waals surface area contributed by atoms with Crippen LogP contribution in [-0.4, -0.2) is 34.1 Å². The van der Waals surface area contributed by atoms with E-state index in [2.05, 4.69) is 5.32 Å². The van der Waals surface area contributed by atoms with Crippen molar-refractivity contribution in [3.05, 3.63) is 78.9 Å². The number of sulfonamides is 1. The molecule has 0 fully saturated rings. The molecule has 7 nitrogen and oxygen atoms in total. The lowest BCUT2D eigenvalue weighted by molar-refractivity contribution is -0.114. The fourth-order valence-electron chi connectivity index (χ4n) is 3.08. The number of benzene rings is 3. The third kappa shape index (κ3) is 5.59. The molecule has 32 heavy (non-hydrogen) atoms. The van der Waals surface area contributed by atoms with Gasteiger partial charge in [-0.15, -0.1) is 0 Å². The van der Waals surface area contributed by atoms with E-state index in [1.54, 1.807) is 66.7 Å². The smallest absolute Gasteiger partial charge is 0.264 e. The number of para-hydroxylation sites is 2. The molecular formula is C24H26N2O5S. The number of rotatable bonds is 9. The predicted octanol–water partition coefficient (Wildman–Crippen LogP) is 4.32. The van der Waals surface area contributed by atoms with Gasteiger partial charge in [-0.25, -0.2) is 8.42 Å². The Morgan fingerprint density at radius 1 is 0.938 bits per heavy atom. The van der Waals surface area contributed by atoms with Crippen molar-refractivity contribution in [2.45, 2.75) is 24.8 Å². The zero-order chi connectivity index (χ0) is 23.1. The summed E-state index contributed by atoms with van der Waals surface area (Å²) in [6, 6.07) is 21.5. The molecule has 0 heterocycles. The molecule has 0 aliphatic carbocycles. The minimum absolute atomic E-state index is 0.0352. The lowest BCUT2D eigenvalue weighted by Crippen LogP contribution is -2.38. The number of methoxy groups -OCH3 is 1. The Morgan fingerprint density at radius 3 is 2.19 bits per heavy atom. The van der Waals surface area contributed by atoms with Crippen LogP contribution in [-0.2, 0) is 14.8 Å². The molecule has 1 N–H and O–H groups in total. The first kappa shape index (κ1) is 23.1. The molecule has 0 saturated heterocycles. The predicted molar refractivity (Wildman–Crippen MR) is 125 cm³/mol. The second-order valence-corrected chi connectivity index (χ2v) is 9.10. The Labute approximate surface area is 188 Å². The standard InChI is InChI=1S/C24H26N2O5S/c1-18(2)31-20-15-13-19(14-16-20)25-24(27)17-26(22-11-7-8-12-23(22)30-3)32(28,29)21-9-5-4-6-10-21/h4-16,18H,17H2,1-3H3,(H,25,27). The lowest BCUT2D eigenvalue weighted by atomic mass is 10.3. The Bertz CT molecular complexity index is 1150. The summed E-state index contributed by atoms with van der Waals surface area (Å²) in [5.74, 6) is 0.531. The average molecular weight is 455 g/mol. The maximum atomic E-state index is 13.4. The molecule has 3 aromatic rings. The van der Waals surface area contributed by atoms with Crippen molar-refractivity contribution in [3.63, 3.8) is 0 Å². The van der Waals surface area contributed by atoms with Crippen LogP contribution >= 0.6 is 0 Å². The molecule has 0 unspecified atom stereocenters. The summed E-state index contributed by atoms with van der Waals surface area (Å²) in [5, 5.41) is 2.74. The highest BCUT2D eigenvalue weighted by Gasteiger charge is 2.29. The van der Waals surface area contributed by atoms with Crippen molar-refractivity contribution in [3.8, 4) is 11.5 Å². The van der Waals surface area contributed by atoms with Gasteiger partial charge in [0.2, 0.25) is 5.91 Å². The summed E-state index contributed by atoms with van der Waals surface area (Å²) in [7, 11) is -2.57. The van der Waals surface area contributed by atoms with E-state index in [0.717, 1.165) is 4.31 Å². The van der Waals surface area contributed by atoms with Crippen LogP contribution in [0, 0.1) is 0 Å². The van der Waals surface area contributed by atoms with E-state index in [-0.39, 0.29) is 16.7 Å². The van der Waals surface area contributed by atoms with Crippen molar-refractivity contribution in [1.29, 1.82) is 0 Å². The van der Waals surface area contributed by atoms with Gasteiger partial charge in [0, 0.05) is 5.69 Å². The summed E-state index contributed by atoms with van der Waals surface area (Å²) in [5.41, 5.74) is 0.804. The fourth-order valence-corrected chi connectivity index (χ4v) is 4.53. The van der Waals surface area contributed by atoms with Crippen molar-refractivity contribution in [2.75, 3.05) is 23.3 Å². The third-order valence-corrected chi connectivity index (χ3v) is 6.26. The van der Waals surface area contributed by atoms with Gasteiger partial charge in [0.15, 0.2) is 0 Å². The molecule has 0 spiro atoms. The molecule has 0 saturated carbocycles. The summed E-state index contributed by atoms with van der Waals surface area (Å²) in [4.78, 5) is 12.9. The van der Waals surface area contributed by atoms with Gasteiger partial charge in [-0.2, -0.15) is 0 Å². The molecule has 0 aliphatic rings. The second kappa shape index (κ2) is 10.2. The van der Waals surface area contributed by atoms with Crippen molar-refractivity contribution in [2.24, 2.45) is 0 Å². The first-order chi connectivity index (χ1) is 15.3. The number of carbonyl (C=O) groups is 1. The molecule has 1 amide bonds. The molecule has 3 rings (SSSR count). The normalized spacial score (nSPS) is 11.1. The summed E-state index contributed by atoms with van der Waals surface area (Å²) in [6.07, 6.45) is 0.0352. The molecule has 8 heteroatoms. The van der Waals surface area contributed by atoms with E-state index in [0.29, 0.717) is 17.2 Å². The van der Waals surface area contributed by atoms with Gasteiger partial charge in [0.05, 0.1) is 23.8 Å². The van der Waals surface area contributed by atoms with Gasteiger partial charge in [0.1, 0.15) is 18.0 Å². The number of nitrogens with zero attached hydrogens (tertiary/aromatic N) is 1. The van der Waals surface area contributed by atoms with Crippen LogP contribution in [0.4, 0.5) is 11.4 Å². The number of nitrogens with one attached hydrogen (secondary N) is 1. The van der Waals surface area contributed by atoms with Crippen molar-refractivity contribution in [1.82, 2.24) is 0 Å². The molecule has 168 valence electrons. The van der Waals surface area contributed by atoms with Gasteiger partial charge >= 0.3 is 0 Å². The third-order valence-electron chi connectivity index (χ3n) is 4.48. The first-order valence-corrected chi connectivity index (χ1v) is 11.5. The minimum Gasteiger partial charge on any atom is -0.495 e. The van der Waals surface area contributed by atoms with Crippen LogP contribution in [0.2, 0.25) is 0 Å². The van der Waals surface area contributed by atoms with E-state index >= 15 is 0 Å². The van der Waals surface area contributed by atoms with Gasteiger partial charge < -0.3 is 14.8 Å². The summed E-state index contributed by atoms with van der Waals surface area (Å²) < 4.78 is 38.8. The SMILES string of the molecule is COc1ccccc1N(CC(=O)Nc1ccc(OC(C)C)cc1)S(=O)(=O)c1ccccc1. The second-order valence-electron chi connectivity index (χ2n) is 7.24. The Hall–Kier alpha value is -3.52. The first-order valence-electron chi connectivity index (χ1n) is 10.1. The largest absolute Gasteiger partial charge is 0.495 e. The minimum atomic E-state index is -4.02. The van der Waals surface area contributed by atoms with E-state index in [9.17, 15) is 13.2 Å². The van der Waals surface area contributed by atoms with E-state index in [1.165, 1.54) is 19.2 Å². The lowest BCUT2D eigenvalue weighted by Gasteiger charge is -2.25. The van der Waals surface area contributed by atoms with Crippen LogP contribution in [0.3, 0.4) is 0 Å². The van der Waals surface area contributed by atoms with Crippen molar-refractivity contribution >= 4 is 27.3 Å². The highest BCUT2D eigenvalue weighted by Crippen LogP contribution is 2.32. The highest BCUT2D eigenvalue weighted by molar-refractivity contribution is 7.92. The molecule has 0 aromatic heterocycles. The van der Waals surface area contributed by atoms with E-state index in [1.807, 2.05) is 13.8 Å². The van der Waals surface area contributed by atoms with E-state index < -0.39 is 22.5 Å². The number of ether oxygens (including phenoxy) is 2. The Morgan fingerprint density at radius 2 is 1.56 bits per heavy atom. The summed E-state index contributed by atoms with van der Waals surface area (Å²) >= 11 is 0. The molecule has 0 bridgehead atoms. The number of amides is 1. The average Bonchev–Trinajstić information content (AvgIpc) is 2.79. The van der Waals surface area contributed by atoms with Crippen LogP contribution < -0.4 is 19.1 Å². The van der Waals surface area contributed by atoms with E-state index in [4.69, 9.17) is 9.47 Å².